The van der Waals surface area contributed by atoms with Gasteiger partial charge in [0, 0.05) is 57.3 Å². The van der Waals surface area contributed by atoms with Gasteiger partial charge in [-0.3, -0.25) is 9.30 Å². The molecular formula is C47H33N5O. The Morgan fingerprint density at radius 1 is 0.547 bits per heavy atom. The monoisotopic (exact) mass is 683 g/mol. The molecule has 252 valence electrons. The standard InChI is InChI=1S/C47H33N5O/c1-47(2)37-22-20-32(53-31-19-21-33-34-14-6-8-16-39(34)50-27-26-49-46(50)36(33)28-31)29-42(37)52(43-18-10-11-25-48-43)45-38(47)23-24-41-44(45)35-15-7-9-17-40(35)51(41)30-12-4-3-5-13-30/h3-29H,1-2H3. The number of hydrogen-bond donors (Lipinski definition) is 0. The van der Waals surface area contributed by atoms with Crippen LogP contribution in [0.25, 0.3) is 54.8 Å². The van der Waals surface area contributed by atoms with Gasteiger partial charge in [-0.15, -0.1) is 0 Å². The van der Waals surface area contributed by atoms with Crippen LogP contribution in [-0.4, -0.2) is 18.9 Å². The number of pyridine rings is 2. The number of ether oxygens (including phenoxy) is 1. The Balaban J connectivity index is 1.13. The second kappa shape index (κ2) is 11.0. The van der Waals surface area contributed by atoms with Gasteiger partial charge in [0.25, 0.3) is 0 Å². The summed E-state index contributed by atoms with van der Waals surface area (Å²) in [7, 11) is 0. The lowest BCUT2D eigenvalue weighted by molar-refractivity contribution is 0.482. The Bertz CT molecular complexity index is 3070. The Morgan fingerprint density at radius 3 is 2.13 bits per heavy atom. The minimum Gasteiger partial charge on any atom is -0.457 e. The van der Waals surface area contributed by atoms with E-state index in [2.05, 4.69) is 167 Å². The number of anilines is 3. The van der Waals surface area contributed by atoms with Crippen LogP contribution in [0.4, 0.5) is 17.2 Å². The zero-order chi connectivity index (χ0) is 35.3. The molecule has 6 nitrogen and oxygen atoms in total. The van der Waals surface area contributed by atoms with Crippen molar-refractivity contribution >= 4 is 66.3 Å². The van der Waals surface area contributed by atoms with Crippen LogP contribution in [0, 0.1) is 0 Å². The lowest BCUT2D eigenvalue weighted by Gasteiger charge is -2.42. The maximum absolute atomic E-state index is 6.76. The van der Waals surface area contributed by atoms with Crippen LogP contribution in [0.15, 0.2) is 164 Å². The van der Waals surface area contributed by atoms with E-state index in [1.807, 2.05) is 24.7 Å². The minimum absolute atomic E-state index is 0.311. The molecule has 6 heteroatoms. The molecule has 0 radical (unpaired) electrons. The van der Waals surface area contributed by atoms with Crippen LogP contribution in [0.5, 0.6) is 11.5 Å². The van der Waals surface area contributed by atoms with E-state index in [-0.39, 0.29) is 5.41 Å². The summed E-state index contributed by atoms with van der Waals surface area (Å²) in [4.78, 5) is 12.0. The molecular weight excluding hydrogens is 651 g/mol. The van der Waals surface area contributed by atoms with Crippen molar-refractivity contribution in [2.24, 2.45) is 0 Å². The molecule has 53 heavy (non-hydrogen) atoms. The molecule has 0 amide bonds. The molecule has 0 saturated heterocycles. The second-order valence-electron chi connectivity index (χ2n) is 14.3. The van der Waals surface area contributed by atoms with Crippen LogP contribution in [-0.2, 0) is 5.41 Å². The zero-order valence-corrected chi connectivity index (χ0v) is 29.2. The molecule has 0 aliphatic carbocycles. The second-order valence-corrected chi connectivity index (χ2v) is 14.3. The van der Waals surface area contributed by atoms with Crippen LogP contribution >= 0.6 is 0 Å². The summed E-state index contributed by atoms with van der Waals surface area (Å²) in [5.41, 5.74) is 9.82. The number of benzene rings is 6. The molecule has 6 aromatic carbocycles. The summed E-state index contributed by atoms with van der Waals surface area (Å²) in [6.45, 7) is 4.65. The molecule has 0 unspecified atom stereocenters. The van der Waals surface area contributed by atoms with E-state index in [9.17, 15) is 0 Å². The van der Waals surface area contributed by atoms with Crippen molar-refractivity contribution in [3.8, 4) is 17.2 Å². The maximum atomic E-state index is 6.76. The fourth-order valence-electron chi connectivity index (χ4n) is 8.66. The lowest BCUT2D eigenvalue weighted by atomic mass is 9.73. The van der Waals surface area contributed by atoms with Crippen LogP contribution in [0.2, 0.25) is 0 Å². The molecule has 0 fully saturated rings. The van der Waals surface area contributed by atoms with Crippen molar-refractivity contribution in [3.05, 3.63) is 175 Å². The Kier molecular flexibility index (Phi) is 6.20. The third-order valence-corrected chi connectivity index (χ3v) is 11.0. The van der Waals surface area contributed by atoms with E-state index in [0.717, 1.165) is 61.8 Å². The summed E-state index contributed by atoms with van der Waals surface area (Å²) < 4.78 is 11.3. The highest BCUT2D eigenvalue weighted by Crippen LogP contribution is 2.56. The van der Waals surface area contributed by atoms with Crippen LogP contribution in [0.3, 0.4) is 0 Å². The smallest absolute Gasteiger partial charge is 0.145 e. The van der Waals surface area contributed by atoms with E-state index in [1.54, 1.807) is 0 Å². The van der Waals surface area contributed by atoms with Crippen molar-refractivity contribution in [2.45, 2.75) is 19.3 Å². The van der Waals surface area contributed by atoms with E-state index in [4.69, 9.17) is 14.7 Å². The molecule has 10 aromatic rings. The van der Waals surface area contributed by atoms with Gasteiger partial charge in [0.2, 0.25) is 0 Å². The average molecular weight is 684 g/mol. The van der Waals surface area contributed by atoms with E-state index in [1.165, 1.54) is 32.8 Å². The van der Waals surface area contributed by atoms with E-state index < -0.39 is 0 Å². The Labute approximate surface area is 305 Å². The summed E-state index contributed by atoms with van der Waals surface area (Å²) >= 11 is 0. The molecule has 0 spiro atoms. The van der Waals surface area contributed by atoms with Gasteiger partial charge in [-0.05, 0) is 83.2 Å². The molecule has 1 aliphatic heterocycles. The molecule has 0 saturated carbocycles. The lowest BCUT2D eigenvalue weighted by Crippen LogP contribution is -2.31. The quantitative estimate of drug-likeness (QED) is 0.173. The van der Waals surface area contributed by atoms with Gasteiger partial charge < -0.3 is 9.30 Å². The highest BCUT2D eigenvalue weighted by atomic mass is 16.5. The zero-order valence-electron chi connectivity index (χ0n) is 29.2. The van der Waals surface area contributed by atoms with Gasteiger partial charge in [0.05, 0.1) is 27.9 Å². The van der Waals surface area contributed by atoms with Crippen LogP contribution in [0.1, 0.15) is 25.0 Å². The third kappa shape index (κ3) is 4.26. The summed E-state index contributed by atoms with van der Waals surface area (Å²) in [5, 5.41) is 5.77. The van der Waals surface area contributed by atoms with Gasteiger partial charge in [-0.25, -0.2) is 9.97 Å². The number of hydrogen-bond acceptors (Lipinski definition) is 4. The summed E-state index contributed by atoms with van der Waals surface area (Å²) in [5.74, 6) is 2.36. The molecule has 0 bridgehead atoms. The molecule has 0 atom stereocenters. The van der Waals surface area contributed by atoms with Gasteiger partial charge in [0.15, 0.2) is 0 Å². The fraction of sp³-hybridized carbons (Fsp3) is 0.0638. The Hall–Kier alpha value is -6.92. The highest BCUT2D eigenvalue weighted by molar-refractivity contribution is 6.18. The first-order valence-corrected chi connectivity index (χ1v) is 18.0. The molecule has 5 heterocycles. The fourth-order valence-corrected chi connectivity index (χ4v) is 8.66. The first-order valence-electron chi connectivity index (χ1n) is 18.0. The van der Waals surface area contributed by atoms with Crippen molar-refractivity contribution in [3.63, 3.8) is 0 Å². The predicted octanol–water partition coefficient (Wildman–Crippen LogP) is 12.0. The van der Waals surface area contributed by atoms with Crippen LogP contribution < -0.4 is 9.64 Å². The molecule has 0 N–H and O–H groups in total. The van der Waals surface area contributed by atoms with E-state index in [0.29, 0.717) is 0 Å². The van der Waals surface area contributed by atoms with Gasteiger partial charge in [-0.2, -0.15) is 0 Å². The highest BCUT2D eigenvalue weighted by Gasteiger charge is 2.39. The average Bonchev–Trinajstić information content (AvgIpc) is 3.83. The molecule has 11 rings (SSSR count). The van der Waals surface area contributed by atoms with Crippen molar-refractivity contribution in [1.82, 2.24) is 18.9 Å². The van der Waals surface area contributed by atoms with Gasteiger partial charge in [-0.1, -0.05) is 86.6 Å². The first kappa shape index (κ1) is 29.8. The number of fused-ring (bicyclic) bond motifs is 12. The SMILES string of the molecule is CC1(C)c2ccc(Oc3ccc4c5ccccc5n5ccnc5c4c3)cc2N(c2ccccn2)c2c1ccc1c2c2ccccc2n1-c1ccccc1. The van der Waals surface area contributed by atoms with E-state index >= 15 is 0 Å². The summed E-state index contributed by atoms with van der Waals surface area (Å²) in [6, 6.07) is 51.4. The van der Waals surface area contributed by atoms with Gasteiger partial charge in [0.1, 0.15) is 23.0 Å². The normalized spacial score (nSPS) is 13.6. The largest absolute Gasteiger partial charge is 0.457 e. The number of imidazole rings is 1. The number of para-hydroxylation sites is 3. The van der Waals surface area contributed by atoms with Crippen molar-refractivity contribution in [2.75, 3.05) is 4.90 Å². The molecule has 4 aromatic heterocycles. The maximum Gasteiger partial charge on any atom is 0.145 e. The van der Waals surface area contributed by atoms with Crippen molar-refractivity contribution < 1.29 is 4.74 Å². The Morgan fingerprint density at radius 2 is 1.28 bits per heavy atom. The summed E-state index contributed by atoms with van der Waals surface area (Å²) in [6.07, 6.45) is 5.75. The number of aromatic nitrogens is 4. The molecule has 1 aliphatic rings. The number of rotatable bonds is 4. The third-order valence-electron chi connectivity index (χ3n) is 11.0. The topological polar surface area (TPSA) is 47.6 Å². The van der Waals surface area contributed by atoms with Crippen molar-refractivity contribution in [1.29, 1.82) is 0 Å². The van der Waals surface area contributed by atoms with Gasteiger partial charge >= 0.3 is 0 Å². The first-order chi connectivity index (χ1) is 26.1. The predicted molar refractivity (Wildman–Crippen MR) is 216 cm³/mol. The number of nitrogens with zero attached hydrogens (tertiary/aromatic N) is 5. The minimum atomic E-state index is -0.311.